The van der Waals surface area contributed by atoms with Gasteiger partial charge in [-0.2, -0.15) is 13.2 Å². The largest absolute Gasteiger partial charge is 0.481 e. The van der Waals surface area contributed by atoms with Crippen LogP contribution >= 0.6 is 11.8 Å². The lowest BCUT2D eigenvalue weighted by Crippen LogP contribution is -2.27. The molecule has 0 aliphatic carbocycles. The van der Waals surface area contributed by atoms with Crippen molar-refractivity contribution in [2.45, 2.75) is 70.5 Å². The average molecular weight is 540 g/mol. The highest BCUT2D eigenvalue weighted by Gasteiger charge is 2.33. The third-order valence-electron chi connectivity index (χ3n) is 7.17. The van der Waals surface area contributed by atoms with Crippen molar-refractivity contribution in [2.24, 2.45) is 5.41 Å². The van der Waals surface area contributed by atoms with Gasteiger partial charge in [-0.25, -0.2) is 0 Å². The van der Waals surface area contributed by atoms with Gasteiger partial charge in [0.15, 0.2) is 0 Å². The molecule has 4 aromatic rings. The van der Waals surface area contributed by atoms with Gasteiger partial charge in [0.1, 0.15) is 0 Å². The van der Waals surface area contributed by atoms with E-state index in [-0.39, 0.29) is 6.42 Å². The van der Waals surface area contributed by atoms with Gasteiger partial charge in [0, 0.05) is 33.8 Å². The third-order valence-corrected chi connectivity index (χ3v) is 8.49. The number of carboxylic acids is 1. The summed E-state index contributed by atoms with van der Waals surface area (Å²) in [5.41, 5.74) is 5.24. The average Bonchev–Trinajstić information content (AvgIpc) is 3.10. The third kappa shape index (κ3) is 5.48. The molecule has 3 aromatic carbocycles. The van der Waals surface area contributed by atoms with Gasteiger partial charge in [-0.15, -0.1) is 0 Å². The smallest absolute Gasteiger partial charge is 0.416 e. The van der Waals surface area contributed by atoms with Crippen LogP contribution in [-0.2, 0) is 23.9 Å². The summed E-state index contributed by atoms with van der Waals surface area (Å²) in [7, 11) is 0. The number of carbonyl (C=O) groups is 1. The van der Waals surface area contributed by atoms with E-state index in [1.54, 1.807) is 25.6 Å². The molecule has 0 saturated carbocycles. The first kappa shape index (κ1) is 27.8. The maximum absolute atomic E-state index is 13.2. The molecule has 1 heterocycles. The van der Waals surface area contributed by atoms with Crippen molar-refractivity contribution < 1.29 is 23.1 Å². The first-order valence-corrected chi connectivity index (χ1v) is 13.3. The Balaban J connectivity index is 1.97. The number of fused-ring (bicyclic) bond motifs is 1. The van der Waals surface area contributed by atoms with E-state index in [0.717, 1.165) is 60.8 Å². The fraction of sp³-hybridized carbons (Fsp3) is 0.323. The van der Waals surface area contributed by atoms with Crippen molar-refractivity contribution in [3.63, 3.8) is 0 Å². The fourth-order valence-electron chi connectivity index (χ4n) is 4.61. The van der Waals surface area contributed by atoms with Crippen LogP contribution in [0.2, 0.25) is 0 Å². The summed E-state index contributed by atoms with van der Waals surface area (Å²) in [6.45, 7) is 11.9. The lowest BCUT2D eigenvalue weighted by atomic mass is 9.88. The second-order valence-corrected chi connectivity index (χ2v) is 11.7. The van der Waals surface area contributed by atoms with Gasteiger partial charge in [0.05, 0.1) is 16.5 Å². The topological polar surface area (TPSA) is 42.2 Å². The van der Waals surface area contributed by atoms with Crippen LogP contribution in [0.5, 0.6) is 0 Å². The molecule has 38 heavy (non-hydrogen) atoms. The molecule has 0 aliphatic heterocycles. The highest BCUT2D eigenvalue weighted by molar-refractivity contribution is 7.99. The quantitative estimate of drug-likeness (QED) is 0.255. The molecule has 1 aromatic heterocycles. The van der Waals surface area contributed by atoms with Crippen molar-refractivity contribution in [2.75, 3.05) is 0 Å². The number of rotatable bonds is 7. The second kappa shape index (κ2) is 10.2. The Morgan fingerprint density at radius 3 is 2.16 bits per heavy atom. The summed E-state index contributed by atoms with van der Waals surface area (Å²) in [6, 6.07) is 15.6. The van der Waals surface area contributed by atoms with E-state index in [1.165, 1.54) is 12.1 Å². The molecular formula is C31H32F3NO2S. The molecule has 0 bridgehead atoms. The molecule has 0 fully saturated rings. The highest BCUT2D eigenvalue weighted by atomic mass is 32.2. The molecule has 0 saturated heterocycles. The van der Waals surface area contributed by atoms with E-state index in [2.05, 4.69) is 41.8 Å². The van der Waals surface area contributed by atoms with Crippen LogP contribution in [0.4, 0.5) is 13.2 Å². The van der Waals surface area contributed by atoms with Crippen LogP contribution in [0, 0.1) is 33.1 Å². The summed E-state index contributed by atoms with van der Waals surface area (Å²) in [5, 5.41) is 11.0. The monoisotopic (exact) mass is 539 g/mol. The van der Waals surface area contributed by atoms with Crippen molar-refractivity contribution in [3.8, 4) is 0 Å². The number of hydrogen-bond acceptors (Lipinski definition) is 2. The number of carboxylic acid groups (broad SMARTS) is 1. The van der Waals surface area contributed by atoms with E-state index in [0.29, 0.717) is 12.1 Å². The molecule has 1 N–H and O–H groups in total. The Morgan fingerprint density at radius 1 is 0.921 bits per heavy atom. The van der Waals surface area contributed by atoms with Crippen LogP contribution in [-0.4, -0.2) is 15.6 Å². The van der Waals surface area contributed by atoms with E-state index in [9.17, 15) is 23.1 Å². The maximum atomic E-state index is 13.2. The predicted molar refractivity (Wildman–Crippen MR) is 147 cm³/mol. The molecule has 200 valence electrons. The molecular weight excluding hydrogens is 507 g/mol. The van der Waals surface area contributed by atoms with Crippen molar-refractivity contribution in [1.82, 2.24) is 4.57 Å². The Kier molecular flexibility index (Phi) is 7.45. The second-order valence-electron chi connectivity index (χ2n) is 10.7. The Hall–Kier alpha value is -3.19. The minimum absolute atomic E-state index is 0.267. The highest BCUT2D eigenvalue weighted by Crippen LogP contribution is 2.44. The van der Waals surface area contributed by atoms with Gasteiger partial charge in [-0.1, -0.05) is 48.2 Å². The number of halogens is 3. The summed E-state index contributed by atoms with van der Waals surface area (Å²) >= 11 is 1.63. The van der Waals surface area contributed by atoms with Gasteiger partial charge in [-0.05, 0) is 87.6 Å². The fourth-order valence-corrected chi connectivity index (χ4v) is 5.88. The zero-order chi connectivity index (χ0) is 28.0. The molecule has 0 unspecified atom stereocenters. The van der Waals surface area contributed by atoms with Gasteiger partial charge in [0.25, 0.3) is 0 Å². The molecule has 4 rings (SSSR count). The first-order valence-electron chi connectivity index (χ1n) is 12.4. The van der Waals surface area contributed by atoms with Crippen LogP contribution in [0.15, 0.2) is 64.4 Å². The molecule has 0 aliphatic rings. The lowest BCUT2D eigenvalue weighted by Gasteiger charge is -2.22. The number of benzene rings is 3. The van der Waals surface area contributed by atoms with E-state index < -0.39 is 23.1 Å². The SMILES string of the molecule is Cc1ccc(C)c(Sc2c(CC(C)(C)C(=O)O)n(Cc3ccc(C(F)(F)F)cc3)c3c(C)c(C)ccc23)c1. The van der Waals surface area contributed by atoms with Crippen LogP contribution in [0.1, 0.15) is 52.9 Å². The summed E-state index contributed by atoms with van der Waals surface area (Å²) < 4.78 is 41.7. The van der Waals surface area contributed by atoms with Crippen molar-refractivity contribution >= 4 is 28.6 Å². The number of aryl methyl sites for hydroxylation is 4. The molecule has 0 atom stereocenters. The molecule has 0 spiro atoms. The van der Waals surface area contributed by atoms with E-state index in [4.69, 9.17) is 0 Å². The molecule has 3 nitrogen and oxygen atoms in total. The zero-order valence-corrected chi connectivity index (χ0v) is 23.3. The van der Waals surface area contributed by atoms with Gasteiger partial charge >= 0.3 is 12.1 Å². The standard InChI is InChI=1S/C31H32F3NO2S/c1-18-7-8-20(3)26(15-18)38-28-24-14-9-19(2)21(4)27(24)35(25(28)16-30(5,6)29(36)37)17-22-10-12-23(13-11-22)31(32,33)34/h7-15H,16-17H2,1-6H3,(H,36,37). The van der Waals surface area contributed by atoms with E-state index >= 15 is 0 Å². The number of aromatic nitrogens is 1. The minimum Gasteiger partial charge on any atom is -0.481 e. The van der Waals surface area contributed by atoms with Crippen molar-refractivity contribution in [1.29, 1.82) is 0 Å². The van der Waals surface area contributed by atoms with Gasteiger partial charge < -0.3 is 9.67 Å². The summed E-state index contributed by atoms with van der Waals surface area (Å²) in [4.78, 5) is 14.3. The van der Waals surface area contributed by atoms with E-state index in [1.807, 2.05) is 20.8 Å². The number of alkyl halides is 3. The molecule has 0 radical (unpaired) electrons. The summed E-state index contributed by atoms with van der Waals surface area (Å²) in [5.74, 6) is -0.903. The lowest BCUT2D eigenvalue weighted by molar-refractivity contribution is -0.147. The molecule has 7 heteroatoms. The molecule has 0 amide bonds. The Bertz CT molecular complexity index is 1520. The summed E-state index contributed by atoms with van der Waals surface area (Å²) in [6.07, 6.45) is -4.14. The van der Waals surface area contributed by atoms with Gasteiger partial charge in [-0.3, -0.25) is 4.79 Å². The minimum atomic E-state index is -4.40. The van der Waals surface area contributed by atoms with Crippen LogP contribution in [0.3, 0.4) is 0 Å². The predicted octanol–water partition coefficient (Wildman–Crippen LogP) is 8.75. The zero-order valence-electron chi connectivity index (χ0n) is 22.5. The first-order chi connectivity index (χ1) is 17.7. The van der Waals surface area contributed by atoms with Crippen molar-refractivity contribution in [3.05, 3.63) is 93.7 Å². The number of aliphatic carboxylic acids is 1. The van der Waals surface area contributed by atoms with Crippen LogP contribution < -0.4 is 0 Å². The Labute approximate surface area is 225 Å². The Morgan fingerprint density at radius 2 is 1.55 bits per heavy atom. The normalized spacial score (nSPS) is 12.3. The number of hydrogen-bond donors (Lipinski definition) is 1. The van der Waals surface area contributed by atoms with Crippen LogP contribution in [0.25, 0.3) is 10.9 Å². The van der Waals surface area contributed by atoms with Gasteiger partial charge in [0.2, 0.25) is 0 Å². The number of nitrogens with zero attached hydrogens (tertiary/aromatic N) is 1. The maximum Gasteiger partial charge on any atom is 0.416 e.